The predicted octanol–water partition coefficient (Wildman–Crippen LogP) is 2.62. The lowest BCUT2D eigenvalue weighted by molar-refractivity contribution is 0.122. The van der Waals surface area contributed by atoms with E-state index >= 15 is 0 Å². The molecule has 2 heterocycles. The Labute approximate surface area is 135 Å². The first kappa shape index (κ1) is 15.1. The van der Waals surface area contributed by atoms with Crippen LogP contribution in [0, 0.1) is 0 Å². The third-order valence-corrected chi connectivity index (χ3v) is 3.78. The van der Waals surface area contributed by atoms with E-state index in [1.165, 1.54) is 5.56 Å². The summed E-state index contributed by atoms with van der Waals surface area (Å²) in [6.45, 7) is 3.95. The first-order chi connectivity index (χ1) is 10.8. The zero-order chi connectivity index (χ0) is 15.2. The zero-order valence-electron chi connectivity index (χ0n) is 12.3. The SMILES string of the molecule is Clc1cccc(CCNc2ccnc(N3CCOCC3)n2)c1. The molecule has 0 atom stereocenters. The molecule has 1 aliphatic rings. The van der Waals surface area contributed by atoms with Gasteiger partial charge >= 0.3 is 0 Å². The number of aromatic nitrogens is 2. The van der Waals surface area contributed by atoms with E-state index in [4.69, 9.17) is 16.3 Å². The van der Waals surface area contributed by atoms with Gasteiger partial charge in [-0.25, -0.2) is 4.98 Å². The van der Waals surface area contributed by atoms with Crippen molar-refractivity contribution in [2.45, 2.75) is 6.42 Å². The van der Waals surface area contributed by atoms with Crippen LogP contribution in [0.15, 0.2) is 36.5 Å². The molecule has 0 spiro atoms. The van der Waals surface area contributed by atoms with Gasteiger partial charge in [0.2, 0.25) is 5.95 Å². The van der Waals surface area contributed by atoms with Gasteiger partial charge in [0.25, 0.3) is 0 Å². The molecule has 1 aromatic carbocycles. The second kappa shape index (κ2) is 7.42. The van der Waals surface area contributed by atoms with Crippen LogP contribution in [-0.4, -0.2) is 42.8 Å². The summed E-state index contributed by atoms with van der Waals surface area (Å²) in [7, 11) is 0. The third kappa shape index (κ3) is 4.08. The summed E-state index contributed by atoms with van der Waals surface area (Å²) >= 11 is 5.99. The summed E-state index contributed by atoms with van der Waals surface area (Å²) in [5, 5.41) is 4.11. The van der Waals surface area contributed by atoms with E-state index in [1.54, 1.807) is 6.20 Å². The minimum Gasteiger partial charge on any atom is -0.378 e. The van der Waals surface area contributed by atoms with Crippen molar-refractivity contribution in [1.82, 2.24) is 9.97 Å². The maximum atomic E-state index is 5.99. The Hall–Kier alpha value is -1.85. The Kier molecular flexibility index (Phi) is 5.08. The molecule has 2 aromatic rings. The smallest absolute Gasteiger partial charge is 0.227 e. The number of hydrogen-bond donors (Lipinski definition) is 1. The van der Waals surface area contributed by atoms with Crippen LogP contribution in [0.1, 0.15) is 5.56 Å². The van der Waals surface area contributed by atoms with Crippen molar-refractivity contribution < 1.29 is 4.74 Å². The molecule has 1 saturated heterocycles. The van der Waals surface area contributed by atoms with Crippen LogP contribution < -0.4 is 10.2 Å². The minimum absolute atomic E-state index is 0.732. The Morgan fingerprint density at radius 1 is 1.23 bits per heavy atom. The van der Waals surface area contributed by atoms with Gasteiger partial charge in [-0.1, -0.05) is 23.7 Å². The maximum Gasteiger partial charge on any atom is 0.227 e. The largest absolute Gasteiger partial charge is 0.378 e. The summed E-state index contributed by atoms with van der Waals surface area (Å²) in [5.74, 6) is 1.61. The minimum atomic E-state index is 0.732. The van der Waals surface area contributed by atoms with Crippen molar-refractivity contribution in [3.63, 3.8) is 0 Å². The lowest BCUT2D eigenvalue weighted by Gasteiger charge is -2.26. The molecule has 1 aliphatic heterocycles. The van der Waals surface area contributed by atoms with Gasteiger partial charge in [-0.2, -0.15) is 4.98 Å². The van der Waals surface area contributed by atoms with Gasteiger partial charge < -0.3 is 15.0 Å². The lowest BCUT2D eigenvalue weighted by atomic mass is 10.1. The van der Waals surface area contributed by atoms with E-state index < -0.39 is 0 Å². The number of rotatable bonds is 5. The quantitative estimate of drug-likeness (QED) is 0.918. The molecule has 5 nitrogen and oxygen atoms in total. The molecule has 6 heteroatoms. The van der Waals surface area contributed by atoms with E-state index in [1.807, 2.05) is 24.3 Å². The van der Waals surface area contributed by atoms with Gasteiger partial charge in [0.1, 0.15) is 5.82 Å². The second-order valence-electron chi connectivity index (χ2n) is 5.15. The molecule has 1 N–H and O–H groups in total. The molecule has 1 fully saturated rings. The predicted molar refractivity (Wildman–Crippen MR) is 88.7 cm³/mol. The van der Waals surface area contributed by atoms with E-state index in [0.717, 1.165) is 56.1 Å². The molecule has 22 heavy (non-hydrogen) atoms. The highest BCUT2D eigenvalue weighted by molar-refractivity contribution is 6.30. The summed E-state index contributed by atoms with van der Waals surface area (Å²) in [4.78, 5) is 11.1. The Morgan fingerprint density at radius 3 is 2.91 bits per heavy atom. The highest BCUT2D eigenvalue weighted by Crippen LogP contribution is 2.14. The molecule has 0 aliphatic carbocycles. The molecule has 116 valence electrons. The number of ether oxygens (including phenoxy) is 1. The fraction of sp³-hybridized carbons (Fsp3) is 0.375. The number of morpholine rings is 1. The van der Waals surface area contributed by atoms with Crippen molar-refractivity contribution >= 4 is 23.4 Å². The van der Waals surface area contributed by atoms with Crippen LogP contribution in [0.5, 0.6) is 0 Å². The maximum absolute atomic E-state index is 5.99. The molecule has 1 aromatic heterocycles. The molecule has 0 saturated carbocycles. The van der Waals surface area contributed by atoms with Gasteiger partial charge in [-0.3, -0.25) is 0 Å². The standard InChI is InChI=1S/C16H19ClN4O/c17-14-3-1-2-13(12-14)4-6-18-15-5-7-19-16(20-15)21-8-10-22-11-9-21/h1-3,5,7,12H,4,6,8-11H2,(H,18,19,20). The number of nitrogens with zero attached hydrogens (tertiary/aromatic N) is 3. The normalized spacial score (nSPS) is 14.9. The van der Waals surface area contributed by atoms with E-state index in [2.05, 4.69) is 26.3 Å². The number of nitrogens with one attached hydrogen (secondary N) is 1. The summed E-state index contributed by atoms with van der Waals surface area (Å²) in [6, 6.07) is 9.81. The topological polar surface area (TPSA) is 50.3 Å². The second-order valence-corrected chi connectivity index (χ2v) is 5.58. The highest BCUT2D eigenvalue weighted by atomic mass is 35.5. The van der Waals surface area contributed by atoms with Gasteiger partial charge in [0, 0.05) is 30.9 Å². The number of benzene rings is 1. The first-order valence-corrected chi connectivity index (χ1v) is 7.83. The van der Waals surface area contributed by atoms with Crippen LogP contribution in [-0.2, 0) is 11.2 Å². The van der Waals surface area contributed by atoms with Crippen LogP contribution in [0.3, 0.4) is 0 Å². The van der Waals surface area contributed by atoms with Crippen LogP contribution in [0.2, 0.25) is 5.02 Å². The van der Waals surface area contributed by atoms with Gasteiger partial charge in [-0.15, -0.1) is 0 Å². The van der Waals surface area contributed by atoms with E-state index in [9.17, 15) is 0 Å². The molecule has 3 rings (SSSR count). The van der Waals surface area contributed by atoms with E-state index in [-0.39, 0.29) is 0 Å². The average Bonchev–Trinajstić information content (AvgIpc) is 2.56. The number of halogens is 1. The van der Waals surface area contributed by atoms with E-state index in [0.29, 0.717) is 0 Å². The Balaban J connectivity index is 1.56. The summed E-state index contributed by atoms with van der Waals surface area (Å²) in [5.41, 5.74) is 1.21. The fourth-order valence-electron chi connectivity index (χ4n) is 2.39. The van der Waals surface area contributed by atoms with Crippen LogP contribution in [0.25, 0.3) is 0 Å². The molecule has 0 amide bonds. The zero-order valence-corrected chi connectivity index (χ0v) is 13.1. The van der Waals surface area contributed by atoms with Gasteiger partial charge in [0.15, 0.2) is 0 Å². The van der Waals surface area contributed by atoms with Crippen molar-refractivity contribution in [2.24, 2.45) is 0 Å². The van der Waals surface area contributed by atoms with Crippen molar-refractivity contribution in [3.05, 3.63) is 47.1 Å². The fourth-order valence-corrected chi connectivity index (χ4v) is 2.60. The third-order valence-electron chi connectivity index (χ3n) is 3.55. The van der Waals surface area contributed by atoms with Crippen molar-refractivity contribution in [3.8, 4) is 0 Å². The van der Waals surface area contributed by atoms with Crippen molar-refractivity contribution in [2.75, 3.05) is 43.1 Å². The summed E-state index contributed by atoms with van der Waals surface area (Å²) in [6.07, 6.45) is 2.69. The Morgan fingerprint density at radius 2 is 2.09 bits per heavy atom. The monoisotopic (exact) mass is 318 g/mol. The average molecular weight is 319 g/mol. The summed E-state index contributed by atoms with van der Waals surface area (Å²) < 4.78 is 5.35. The molecule has 0 radical (unpaired) electrons. The number of hydrogen-bond acceptors (Lipinski definition) is 5. The van der Waals surface area contributed by atoms with Crippen LogP contribution >= 0.6 is 11.6 Å². The van der Waals surface area contributed by atoms with Gasteiger partial charge in [-0.05, 0) is 30.2 Å². The molecule has 0 unspecified atom stereocenters. The first-order valence-electron chi connectivity index (χ1n) is 7.45. The molecular weight excluding hydrogens is 300 g/mol. The molecular formula is C16H19ClN4O. The lowest BCUT2D eigenvalue weighted by Crippen LogP contribution is -2.37. The van der Waals surface area contributed by atoms with Crippen LogP contribution in [0.4, 0.5) is 11.8 Å². The molecule has 0 bridgehead atoms. The highest BCUT2D eigenvalue weighted by Gasteiger charge is 2.13. The Bertz CT molecular complexity index is 617. The van der Waals surface area contributed by atoms with Crippen molar-refractivity contribution in [1.29, 1.82) is 0 Å². The number of anilines is 2. The van der Waals surface area contributed by atoms with Gasteiger partial charge in [0.05, 0.1) is 13.2 Å².